The number of carbonyl (C=O) groups is 1. The van der Waals surface area contributed by atoms with E-state index in [9.17, 15) is 9.90 Å². The number of ether oxygens (including phenoxy) is 1. The number of carbonyl (C=O) groups excluding carboxylic acids is 1. The summed E-state index contributed by atoms with van der Waals surface area (Å²) in [5.74, 6) is 0.0774. The zero-order chi connectivity index (χ0) is 12.3. The number of esters is 1. The molecule has 2 rings (SSSR count). The highest BCUT2D eigenvalue weighted by molar-refractivity contribution is 5.90. The highest BCUT2D eigenvalue weighted by Gasteiger charge is 2.25. The van der Waals surface area contributed by atoms with Gasteiger partial charge in [-0.15, -0.1) is 0 Å². The first-order valence-corrected chi connectivity index (χ1v) is 5.50. The summed E-state index contributed by atoms with van der Waals surface area (Å²) >= 11 is 0. The maximum Gasteiger partial charge on any atom is 0.341 e. The fraction of sp³-hybridized carbons (Fsp3) is 0.545. The molecule has 0 aromatic carbocycles. The molecule has 0 aliphatic carbocycles. The van der Waals surface area contributed by atoms with Crippen LogP contribution in [0, 0.1) is 0 Å². The number of aliphatic hydroxyl groups is 1. The molecule has 6 heteroatoms. The van der Waals surface area contributed by atoms with Crippen molar-refractivity contribution in [1.29, 1.82) is 0 Å². The first-order valence-electron chi connectivity index (χ1n) is 5.50. The van der Waals surface area contributed by atoms with Gasteiger partial charge < -0.3 is 14.3 Å². The van der Waals surface area contributed by atoms with E-state index in [1.165, 1.54) is 6.26 Å². The maximum absolute atomic E-state index is 11.6. The minimum atomic E-state index is -0.490. The summed E-state index contributed by atoms with van der Waals surface area (Å²) in [6.45, 7) is 3.07. The van der Waals surface area contributed by atoms with E-state index in [0.29, 0.717) is 31.0 Å². The molecule has 1 aliphatic heterocycles. The fourth-order valence-electron chi connectivity index (χ4n) is 1.66. The summed E-state index contributed by atoms with van der Waals surface area (Å²) in [6, 6.07) is 1.57. The van der Waals surface area contributed by atoms with Gasteiger partial charge in [0.05, 0.1) is 38.7 Å². The fourth-order valence-corrected chi connectivity index (χ4v) is 1.66. The van der Waals surface area contributed by atoms with Gasteiger partial charge in [0.15, 0.2) is 0 Å². The lowest BCUT2D eigenvalue weighted by atomic mass is 10.2. The van der Waals surface area contributed by atoms with Gasteiger partial charge in [0, 0.05) is 0 Å². The molecule has 0 amide bonds. The van der Waals surface area contributed by atoms with Gasteiger partial charge in [-0.3, -0.25) is 4.84 Å². The monoisotopic (exact) mass is 241 g/mol. The van der Waals surface area contributed by atoms with Crippen molar-refractivity contribution >= 4 is 5.97 Å². The van der Waals surface area contributed by atoms with Crippen molar-refractivity contribution < 1.29 is 23.9 Å². The number of aliphatic hydroxyl groups excluding tert-OH is 1. The predicted octanol–water partition coefficient (Wildman–Crippen LogP) is 0.564. The quantitative estimate of drug-likeness (QED) is 0.777. The standard InChI is InChI=1S/C11H15NO5/c1-2-15-11(14)9-3-4-16-10(9)6-12-5-8(13)7-17-12/h3-4,8,13H,2,5-7H2,1H3. The molecule has 17 heavy (non-hydrogen) atoms. The van der Waals surface area contributed by atoms with Gasteiger partial charge in [-0.05, 0) is 13.0 Å². The molecule has 1 aromatic heterocycles. The van der Waals surface area contributed by atoms with Crippen LogP contribution in [0.1, 0.15) is 23.0 Å². The van der Waals surface area contributed by atoms with Crippen LogP contribution in [-0.4, -0.2) is 42.0 Å². The Hall–Kier alpha value is -1.37. The molecule has 2 heterocycles. The highest BCUT2D eigenvalue weighted by atomic mass is 16.7. The molecule has 1 N–H and O–H groups in total. The van der Waals surface area contributed by atoms with E-state index in [-0.39, 0.29) is 6.61 Å². The number of β-amino-alcohol motifs (C(OH)–C–C–N with tert-alkyl or cyclic N) is 1. The number of hydrogen-bond acceptors (Lipinski definition) is 6. The van der Waals surface area contributed by atoms with E-state index in [4.69, 9.17) is 14.0 Å². The minimum Gasteiger partial charge on any atom is -0.467 e. The number of hydroxylamine groups is 2. The topological polar surface area (TPSA) is 72.1 Å². The van der Waals surface area contributed by atoms with Crippen LogP contribution in [0.4, 0.5) is 0 Å². The molecule has 1 fully saturated rings. The van der Waals surface area contributed by atoms with Crippen LogP contribution in [0.5, 0.6) is 0 Å². The van der Waals surface area contributed by atoms with Crippen LogP contribution in [-0.2, 0) is 16.1 Å². The van der Waals surface area contributed by atoms with Crippen LogP contribution < -0.4 is 0 Å². The molecule has 0 bridgehead atoms. The van der Waals surface area contributed by atoms with E-state index in [2.05, 4.69) is 0 Å². The van der Waals surface area contributed by atoms with E-state index >= 15 is 0 Å². The summed E-state index contributed by atoms with van der Waals surface area (Å²) in [5.41, 5.74) is 0.400. The van der Waals surface area contributed by atoms with Crippen molar-refractivity contribution in [3.63, 3.8) is 0 Å². The predicted molar refractivity (Wildman–Crippen MR) is 57.0 cm³/mol. The number of furan rings is 1. The maximum atomic E-state index is 11.6. The van der Waals surface area contributed by atoms with Gasteiger partial charge >= 0.3 is 5.97 Å². The molecule has 1 aliphatic rings. The Balaban J connectivity index is 2.01. The Labute approximate surface area is 98.7 Å². The van der Waals surface area contributed by atoms with E-state index < -0.39 is 12.1 Å². The van der Waals surface area contributed by atoms with Crippen LogP contribution in [0.2, 0.25) is 0 Å². The van der Waals surface area contributed by atoms with Crippen molar-refractivity contribution in [3.8, 4) is 0 Å². The molecule has 94 valence electrons. The summed E-state index contributed by atoms with van der Waals surface area (Å²) in [5, 5.41) is 10.9. The average molecular weight is 241 g/mol. The first kappa shape index (κ1) is 12.1. The second kappa shape index (κ2) is 5.31. The first-order chi connectivity index (χ1) is 8.20. The van der Waals surface area contributed by atoms with E-state index in [1.807, 2.05) is 0 Å². The molecule has 1 unspecified atom stereocenters. The Kier molecular flexibility index (Phi) is 3.78. The van der Waals surface area contributed by atoms with Crippen LogP contribution in [0.3, 0.4) is 0 Å². The SMILES string of the molecule is CCOC(=O)c1ccoc1CN1CC(O)CO1. The Morgan fingerprint density at radius 3 is 3.18 bits per heavy atom. The zero-order valence-electron chi connectivity index (χ0n) is 9.59. The summed E-state index contributed by atoms with van der Waals surface area (Å²) in [4.78, 5) is 16.8. The number of hydrogen-bond donors (Lipinski definition) is 1. The molecule has 1 saturated heterocycles. The second-order valence-corrected chi connectivity index (χ2v) is 3.75. The third-order valence-electron chi connectivity index (χ3n) is 2.42. The molecular formula is C11H15NO5. The van der Waals surface area contributed by atoms with Crippen molar-refractivity contribution in [3.05, 3.63) is 23.7 Å². The van der Waals surface area contributed by atoms with Gasteiger partial charge in [0.1, 0.15) is 11.3 Å². The molecule has 6 nitrogen and oxygen atoms in total. The van der Waals surface area contributed by atoms with Crippen LogP contribution in [0.25, 0.3) is 0 Å². The van der Waals surface area contributed by atoms with Crippen LogP contribution >= 0.6 is 0 Å². The van der Waals surface area contributed by atoms with Crippen LogP contribution in [0.15, 0.2) is 16.7 Å². The highest BCUT2D eigenvalue weighted by Crippen LogP contribution is 2.17. The third-order valence-corrected chi connectivity index (χ3v) is 2.42. The van der Waals surface area contributed by atoms with Gasteiger partial charge in [-0.2, -0.15) is 5.06 Å². The third kappa shape index (κ3) is 2.85. The van der Waals surface area contributed by atoms with Crippen molar-refractivity contribution in [2.24, 2.45) is 0 Å². The molecule has 0 spiro atoms. The lowest BCUT2D eigenvalue weighted by Gasteiger charge is -2.12. The molecule has 1 aromatic rings. The van der Waals surface area contributed by atoms with Crippen molar-refractivity contribution in [1.82, 2.24) is 5.06 Å². The number of nitrogens with zero attached hydrogens (tertiary/aromatic N) is 1. The molecule has 1 atom stereocenters. The summed E-state index contributed by atoms with van der Waals surface area (Å²) in [6.07, 6.45) is 0.949. The Bertz CT molecular complexity index is 389. The van der Waals surface area contributed by atoms with Gasteiger partial charge in [0.25, 0.3) is 0 Å². The lowest BCUT2D eigenvalue weighted by Crippen LogP contribution is -2.21. The summed E-state index contributed by atoms with van der Waals surface area (Å²) in [7, 11) is 0. The second-order valence-electron chi connectivity index (χ2n) is 3.75. The molecular weight excluding hydrogens is 226 g/mol. The zero-order valence-corrected chi connectivity index (χ0v) is 9.59. The lowest BCUT2D eigenvalue weighted by molar-refractivity contribution is -0.121. The number of rotatable bonds is 4. The smallest absolute Gasteiger partial charge is 0.341 e. The molecule has 0 saturated carbocycles. The van der Waals surface area contributed by atoms with Crippen molar-refractivity contribution in [2.45, 2.75) is 19.6 Å². The Morgan fingerprint density at radius 1 is 1.71 bits per heavy atom. The minimum absolute atomic E-state index is 0.273. The van der Waals surface area contributed by atoms with Crippen molar-refractivity contribution in [2.75, 3.05) is 19.8 Å². The molecule has 0 radical (unpaired) electrons. The average Bonchev–Trinajstić information content (AvgIpc) is 2.89. The Morgan fingerprint density at radius 2 is 2.53 bits per heavy atom. The summed E-state index contributed by atoms with van der Waals surface area (Å²) < 4.78 is 10.1. The van der Waals surface area contributed by atoms with Gasteiger partial charge in [0.2, 0.25) is 0 Å². The normalized spacial score (nSPS) is 20.7. The van der Waals surface area contributed by atoms with E-state index in [1.54, 1.807) is 18.1 Å². The van der Waals surface area contributed by atoms with Gasteiger partial charge in [-0.1, -0.05) is 0 Å². The van der Waals surface area contributed by atoms with Gasteiger partial charge in [-0.25, -0.2) is 4.79 Å². The van der Waals surface area contributed by atoms with E-state index in [0.717, 1.165) is 0 Å². The largest absolute Gasteiger partial charge is 0.467 e.